The summed E-state index contributed by atoms with van der Waals surface area (Å²) in [7, 11) is 0. The molecule has 3 heterocycles. The highest BCUT2D eigenvalue weighted by molar-refractivity contribution is 7.15. The van der Waals surface area contributed by atoms with E-state index in [2.05, 4.69) is 20.4 Å². The first-order chi connectivity index (χ1) is 16.5. The zero-order valence-corrected chi connectivity index (χ0v) is 18.4. The van der Waals surface area contributed by atoms with Gasteiger partial charge >= 0.3 is 17.8 Å². The van der Waals surface area contributed by atoms with Crippen molar-refractivity contribution in [1.82, 2.24) is 25.0 Å². The van der Waals surface area contributed by atoms with Gasteiger partial charge in [-0.1, -0.05) is 12.1 Å². The summed E-state index contributed by atoms with van der Waals surface area (Å²) in [6, 6.07) is 9.88. The fraction of sp³-hybridized carbons (Fsp3) is 0.200. The first-order valence-corrected chi connectivity index (χ1v) is 10.5. The molecule has 5 N–H and O–H groups in total. The van der Waals surface area contributed by atoms with Crippen LogP contribution in [0.25, 0.3) is 21.3 Å². The van der Waals surface area contributed by atoms with Crippen molar-refractivity contribution in [1.29, 1.82) is 0 Å². The van der Waals surface area contributed by atoms with Gasteiger partial charge in [-0.3, -0.25) is 9.67 Å². The normalized spacial score (nSPS) is 11.3. The summed E-state index contributed by atoms with van der Waals surface area (Å²) in [4.78, 5) is 22.9. The lowest BCUT2D eigenvalue weighted by atomic mass is 10.1. The van der Waals surface area contributed by atoms with Crippen LogP contribution in [0.5, 0.6) is 0 Å². The van der Waals surface area contributed by atoms with Crippen LogP contribution in [0.4, 0.5) is 22.0 Å². The molecular formula is C20H17F5N6O3S. The number of alkyl halides is 3. The van der Waals surface area contributed by atoms with Crippen LogP contribution in [0.15, 0.2) is 53.0 Å². The summed E-state index contributed by atoms with van der Waals surface area (Å²) >= 11 is 1.52. The quantitative estimate of drug-likeness (QED) is 0.289. The summed E-state index contributed by atoms with van der Waals surface area (Å²) < 4.78 is 58.9. The van der Waals surface area contributed by atoms with Crippen LogP contribution in [0, 0.1) is 0 Å². The molecule has 0 saturated heterocycles. The van der Waals surface area contributed by atoms with E-state index in [-0.39, 0.29) is 30.9 Å². The molecule has 35 heavy (non-hydrogen) atoms. The molecule has 0 spiro atoms. The number of carboxylic acid groups (broad SMARTS) is 1. The lowest BCUT2D eigenvalue weighted by Gasteiger charge is -2.05. The molecule has 0 radical (unpaired) electrons. The maximum Gasteiger partial charge on any atom is 0.490 e. The van der Waals surface area contributed by atoms with Gasteiger partial charge in [-0.25, -0.2) is 14.7 Å². The fourth-order valence-electron chi connectivity index (χ4n) is 2.92. The Balaban J connectivity index is 0.000000429. The van der Waals surface area contributed by atoms with Gasteiger partial charge in [0.05, 0.1) is 18.3 Å². The van der Waals surface area contributed by atoms with Crippen molar-refractivity contribution in [2.24, 2.45) is 5.73 Å². The first-order valence-electron chi connectivity index (χ1n) is 9.69. The Kier molecular flexibility index (Phi) is 7.81. The second-order valence-corrected chi connectivity index (χ2v) is 8.19. The van der Waals surface area contributed by atoms with Gasteiger partial charge in [0.2, 0.25) is 0 Å². The number of benzene rings is 1. The fourth-order valence-corrected chi connectivity index (χ4v) is 3.91. The molecule has 0 amide bonds. The number of fused-ring (bicyclic) bond motifs is 1. The van der Waals surface area contributed by atoms with Gasteiger partial charge in [-0.2, -0.15) is 32.1 Å². The molecule has 0 atom stereocenters. The summed E-state index contributed by atoms with van der Waals surface area (Å²) in [5.74, 6) is -2.53. The van der Waals surface area contributed by atoms with E-state index < -0.39 is 23.9 Å². The largest absolute Gasteiger partial charge is 0.490 e. The monoisotopic (exact) mass is 516 g/mol. The van der Waals surface area contributed by atoms with Crippen molar-refractivity contribution in [3.8, 4) is 10.4 Å². The second-order valence-electron chi connectivity index (χ2n) is 7.02. The van der Waals surface area contributed by atoms with E-state index in [9.17, 15) is 26.7 Å². The first kappa shape index (κ1) is 25.8. The molecule has 0 fully saturated rings. The van der Waals surface area contributed by atoms with Gasteiger partial charge < -0.3 is 10.8 Å². The molecule has 4 rings (SSSR count). The van der Waals surface area contributed by atoms with Crippen molar-refractivity contribution in [2.45, 2.75) is 19.1 Å². The lowest BCUT2D eigenvalue weighted by Crippen LogP contribution is -2.21. The van der Waals surface area contributed by atoms with Gasteiger partial charge in [0.25, 0.3) is 6.08 Å². The van der Waals surface area contributed by atoms with Gasteiger partial charge in [-0.15, -0.1) is 11.3 Å². The molecule has 4 aromatic rings. The van der Waals surface area contributed by atoms with Crippen LogP contribution >= 0.6 is 11.3 Å². The molecule has 0 bridgehead atoms. The van der Waals surface area contributed by atoms with E-state index in [0.717, 1.165) is 26.2 Å². The number of rotatable bonds is 6. The van der Waals surface area contributed by atoms with E-state index in [1.165, 1.54) is 15.9 Å². The van der Waals surface area contributed by atoms with Crippen LogP contribution in [-0.2, 0) is 17.8 Å². The zero-order chi connectivity index (χ0) is 25.8. The molecule has 1 aromatic carbocycles. The Morgan fingerprint density at radius 1 is 1.17 bits per heavy atom. The summed E-state index contributed by atoms with van der Waals surface area (Å²) in [6.07, 6.45) is -5.33. The summed E-state index contributed by atoms with van der Waals surface area (Å²) in [6.45, 7) is -0.0456. The number of nitrogens with two attached hydrogens (primary N) is 1. The minimum absolute atomic E-state index is 0.174. The molecule has 0 aliphatic carbocycles. The highest BCUT2D eigenvalue weighted by Crippen LogP contribution is 2.30. The topological polar surface area (TPSA) is 143 Å². The molecule has 0 unspecified atom stereocenters. The van der Waals surface area contributed by atoms with E-state index in [1.807, 2.05) is 30.3 Å². The van der Waals surface area contributed by atoms with Crippen LogP contribution < -0.4 is 11.4 Å². The summed E-state index contributed by atoms with van der Waals surface area (Å²) in [5, 5.41) is 21.3. The number of nitrogens with one attached hydrogen (secondary N) is 2. The van der Waals surface area contributed by atoms with Crippen molar-refractivity contribution < 1.29 is 31.9 Å². The Hall–Kier alpha value is -3.85. The number of carboxylic acids is 1. The predicted molar refractivity (Wildman–Crippen MR) is 117 cm³/mol. The average Bonchev–Trinajstić information content (AvgIpc) is 3.53. The van der Waals surface area contributed by atoms with Gasteiger partial charge in [0, 0.05) is 33.7 Å². The highest BCUT2D eigenvalue weighted by atomic mass is 32.1. The maximum atomic E-state index is 12.9. The van der Waals surface area contributed by atoms with Crippen molar-refractivity contribution >= 4 is 28.2 Å². The number of nitrogens with zero attached hydrogens (tertiary/aromatic N) is 3. The number of H-pyrrole nitrogens is 2. The van der Waals surface area contributed by atoms with Gasteiger partial charge in [0.1, 0.15) is 5.82 Å². The molecule has 0 aliphatic heterocycles. The SMILES string of the molecule is NCC(Cc1n[nH]c(=O)n1Cc1ccc(-c2ccc3cn[nH]c3c2)s1)=C(F)F.O=C(O)C(F)(F)F. The van der Waals surface area contributed by atoms with Crippen LogP contribution in [0.3, 0.4) is 0 Å². The van der Waals surface area contributed by atoms with Crippen molar-refractivity contribution in [3.63, 3.8) is 0 Å². The van der Waals surface area contributed by atoms with E-state index in [0.29, 0.717) is 0 Å². The molecule has 15 heteroatoms. The number of halogens is 5. The Labute approximate surface area is 196 Å². The number of thiophene rings is 1. The number of aliphatic carboxylic acids is 1. The maximum absolute atomic E-state index is 12.9. The minimum Gasteiger partial charge on any atom is -0.475 e. The van der Waals surface area contributed by atoms with Crippen LogP contribution in [-0.4, -0.2) is 48.8 Å². The molecule has 3 aromatic heterocycles. The third-order valence-corrected chi connectivity index (χ3v) is 5.79. The number of aromatic amines is 2. The van der Waals surface area contributed by atoms with Crippen LogP contribution in [0.1, 0.15) is 10.7 Å². The predicted octanol–water partition coefficient (Wildman–Crippen LogP) is 3.51. The molecule has 9 nitrogen and oxygen atoms in total. The Morgan fingerprint density at radius 3 is 2.51 bits per heavy atom. The zero-order valence-electron chi connectivity index (χ0n) is 17.6. The van der Waals surface area contributed by atoms with E-state index >= 15 is 0 Å². The number of hydrogen-bond donors (Lipinski definition) is 4. The number of hydrogen-bond acceptors (Lipinski definition) is 6. The Morgan fingerprint density at radius 2 is 1.89 bits per heavy atom. The van der Waals surface area contributed by atoms with Gasteiger partial charge in [0.15, 0.2) is 0 Å². The second kappa shape index (κ2) is 10.6. The molecule has 0 aliphatic rings. The molecular weight excluding hydrogens is 499 g/mol. The van der Waals surface area contributed by atoms with Gasteiger partial charge in [-0.05, 0) is 23.8 Å². The van der Waals surface area contributed by atoms with Crippen molar-refractivity contribution in [2.75, 3.05) is 6.54 Å². The summed E-state index contributed by atoms with van der Waals surface area (Å²) in [5.41, 5.74) is 6.65. The number of aromatic nitrogens is 5. The highest BCUT2D eigenvalue weighted by Gasteiger charge is 2.38. The lowest BCUT2D eigenvalue weighted by molar-refractivity contribution is -0.192. The van der Waals surface area contributed by atoms with Crippen molar-refractivity contribution in [3.05, 3.63) is 69.4 Å². The molecule has 0 saturated carbocycles. The average molecular weight is 516 g/mol. The van der Waals surface area contributed by atoms with E-state index in [4.69, 9.17) is 15.6 Å². The van der Waals surface area contributed by atoms with Crippen LogP contribution in [0.2, 0.25) is 0 Å². The molecule has 186 valence electrons. The minimum atomic E-state index is -5.08. The third kappa shape index (κ3) is 6.39. The smallest absolute Gasteiger partial charge is 0.475 e. The van der Waals surface area contributed by atoms with E-state index in [1.54, 1.807) is 6.20 Å². The number of carbonyl (C=O) groups is 1. The Bertz CT molecular complexity index is 1410. The third-order valence-electron chi connectivity index (χ3n) is 4.67. The standard InChI is InChI=1S/C18H16F2N6OS.C2HF3O2/c19-17(20)12(7-21)6-16-24-25-18(27)26(16)9-13-3-4-15(28-13)10-1-2-11-8-22-23-14(11)5-10;3-2(4,5)1(6)7/h1-5,8H,6-7,9,21H2,(H,22,23)(H,25,27);(H,6,7).